The third-order valence-corrected chi connectivity index (χ3v) is 28.8. The molecule has 0 amide bonds. The quantitative estimate of drug-likeness (QED) is 0.112. The fourth-order valence-electron chi connectivity index (χ4n) is 22.9. The Morgan fingerprint density at radius 1 is 0.389 bits per heavy atom. The number of para-hydroxylation sites is 1. The van der Waals surface area contributed by atoms with Gasteiger partial charge in [-0.2, -0.15) is 18.3 Å². The van der Waals surface area contributed by atoms with Crippen LogP contribution in [0.15, 0.2) is 164 Å². The molecule has 4 aliphatic heterocycles. The van der Waals surface area contributed by atoms with Crippen molar-refractivity contribution in [2.45, 2.75) is 329 Å². The van der Waals surface area contributed by atoms with Gasteiger partial charge in [0.05, 0.1) is 12.3 Å². The maximum Gasteiger partial charge on any atom is 0.218 e. The topological polar surface area (TPSA) is 32.8 Å². The third-order valence-electron chi connectivity index (χ3n) is 28.8. The van der Waals surface area contributed by atoms with Gasteiger partial charge in [0.25, 0.3) is 0 Å². The van der Waals surface area contributed by atoms with Gasteiger partial charge in [-0.05, 0) is 237 Å². The lowest BCUT2D eigenvalue weighted by molar-refractivity contribution is -0.603. The second-order valence-electron chi connectivity index (χ2n) is 39.9. The minimum atomic E-state index is 0.0575. The summed E-state index contributed by atoms with van der Waals surface area (Å²) in [4.78, 5) is 14.5. The van der Waals surface area contributed by atoms with Crippen molar-refractivity contribution in [2.75, 3.05) is 19.6 Å². The number of aryl methyl sites for hydroxylation is 7. The number of nitrogens with zero attached hydrogens (tertiary/aromatic N) is 9. The molecule has 598 valence electrons. The largest absolute Gasteiger partial charge is 0.364 e. The van der Waals surface area contributed by atoms with Crippen molar-refractivity contribution in [2.24, 2.45) is 16.2 Å². The Kier molecular flexibility index (Phi) is 23.4. The summed E-state index contributed by atoms with van der Waals surface area (Å²) in [6, 6.07) is 52.5. The Morgan fingerprint density at radius 2 is 0.805 bits per heavy atom. The number of benzene rings is 5. The monoisotopic (exact) mass is 1520 g/mol. The van der Waals surface area contributed by atoms with E-state index in [1.807, 2.05) is 12.1 Å². The lowest BCUT2D eigenvalue weighted by atomic mass is 9.68. The van der Waals surface area contributed by atoms with E-state index in [1.165, 1.54) is 190 Å². The Labute approximate surface area is 684 Å². The maximum absolute atomic E-state index is 7.62. The predicted octanol–water partition coefficient (Wildman–Crippen LogP) is 25.0. The molecular formula is C104H141N9+4. The normalized spacial score (nSPS) is 21.2. The highest BCUT2D eigenvalue weighted by atomic mass is 15.3. The first-order valence-corrected chi connectivity index (χ1v) is 43.1. The van der Waals surface area contributed by atoms with E-state index in [9.17, 15) is 0 Å². The second-order valence-corrected chi connectivity index (χ2v) is 39.9. The number of pyridine rings is 4. The third kappa shape index (κ3) is 15.7. The summed E-state index contributed by atoms with van der Waals surface area (Å²) in [5.41, 5.74) is 31.6. The van der Waals surface area contributed by atoms with Gasteiger partial charge in [0.15, 0.2) is 53.3 Å². The lowest BCUT2D eigenvalue weighted by Crippen LogP contribution is -2.45. The van der Waals surface area contributed by atoms with Crippen LogP contribution < -0.4 is 37.9 Å². The molecule has 8 heterocycles. The number of aromatic nitrogens is 4. The van der Waals surface area contributed by atoms with Crippen LogP contribution in [-0.4, -0.2) is 40.8 Å². The average Bonchev–Trinajstić information content (AvgIpc) is 1.62. The second kappa shape index (κ2) is 31.5. The standard InChI is InChI=1S/C28H35N2.C27H39N2.C26H37N2.C23H30N3/c1-19-13-11-12-16-29(19)25-17-22(27(4,5)6)18-26(20(25)2)30-21(3)28(7,8)23-14-9-10-15-24(23)30;1-19-17-20(2)25(22(4)24(19)28-16-12-9-13-21(28)3)29-23(5)27(18-26(29,6)7)14-10-8-11-15-27;1-19-16-23(27-15-11-8-12-20(27)2)21(3)24(17-19)28-22(4)26(18-25(28,5)6)13-9-7-10-14-26;1-16-11-9-10-12-25(16)20-13-19(24-8)14-21(17(20)2)26-18(3)22(4,5)15-23(26,6)7/h9-18,21H,1-8H3;9,12-13,16-17,23H,8,10-11,14-15,18H2,1-7H3;8,11-12,15-17,22H,7,9-10,13-14,18H2,1-6H3;9-14,18H,15H2,1-7H3/q4*+1/t21-;23-;22-;18-/m1111/s1. The minimum absolute atomic E-state index is 0.0575. The van der Waals surface area contributed by atoms with Gasteiger partial charge in [-0.3, -0.25) is 0 Å². The number of anilines is 5. The van der Waals surface area contributed by atoms with Gasteiger partial charge in [-0.15, -0.1) is 0 Å². The van der Waals surface area contributed by atoms with Gasteiger partial charge < -0.3 is 19.6 Å². The molecule has 0 unspecified atom stereocenters. The molecule has 2 aliphatic carbocycles. The van der Waals surface area contributed by atoms with Crippen molar-refractivity contribution >= 4 is 34.1 Å². The van der Waals surface area contributed by atoms with Crippen LogP contribution >= 0.6 is 0 Å². The first kappa shape index (κ1) is 83.8. The molecule has 9 nitrogen and oxygen atoms in total. The van der Waals surface area contributed by atoms with Crippen molar-refractivity contribution in [3.63, 3.8) is 0 Å². The Bertz CT molecular complexity index is 5030. The molecule has 9 aromatic rings. The molecule has 2 saturated carbocycles. The van der Waals surface area contributed by atoms with Crippen molar-refractivity contribution in [1.29, 1.82) is 0 Å². The van der Waals surface area contributed by atoms with E-state index in [2.05, 4.69) is 389 Å². The molecular weight excluding hydrogens is 1380 g/mol. The molecule has 0 bridgehead atoms. The summed E-state index contributed by atoms with van der Waals surface area (Å²) in [5, 5.41) is 0. The number of fused-ring (bicyclic) bond motifs is 1. The Balaban J connectivity index is 0.000000140. The predicted molar refractivity (Wildman–Crippen MR) is 477 cm³/mol. The van der Waals surface area contributed by atoms with E-state index < -0.39 is 0 Å². The van der Waals surface area contributed by atoms with Crippen LogP contribution in [0.1, 0.15) is 274 Å². The molecule has 15 rings (SSSR count). The van der Waals surface area contributed by atoms with Crippen LogP contribution in [0.25, 0.3) is 27.6 Å². The van der Waals surface area contributed by atoms with Crippen LogP contribution in [-0.2, 0) is 10.8 Å². The highest BCUT2D eigenvalue weighted by Crippen LogP contribution is 2.59. The van der Waals surface area contributed by atoms with E-state index in [1.54, 1.807) is 0 Å². The van der Waals surface area contributed by atoms with E-state index in [0.29, 0.717) is 40.7 Å². The Hall–Kier alpha value is -8.61. The molecule has 0 radical (unpaired) electrons. The smallest absolute Gasteiger partial charge is 0.218 e. The number of hydrogen-bond acceptors (Lipinski definition) is 4. The molecule has 5 fully saturated rings. The first-order valence-electron chi connectivity index (χ1n) is 43.1. The minimum Gasteiger partial charge on any atom is -0.364 e. The van der Waals surface area contributed by atoms with Crippen LogP contribution in [0.5, 0.6) is 0 Å². The molecule has 4 atom stereocenters. The summed E-state index contributed by atoms with van der Waals surface area (Å²) in [6.07, 6.45) is 26.5. The summed E-state index contributed by atoms with van der Waals surface area (Å²) >= 11 is 0. The Morgan fingerprint density at radius 3 is 1.27 bits per heavy atom. The molecule has 3 saturated heterocycles. The van der Waals surface area contributed by atoms with E-state index in [4.69, 9.17) is 6.57 Å². The van der Waals surface area contributed by atoms with Crippen molar-refractivity contribution in [3.05, 3.63) is 249 Å². The zero-order valence-electron chi connectivity index (χ0n) is 75.1. The van der Waals surface area contributed by atoms with Crippen LogP contribution in [0.4, 0.5) is 34.1 Å². The number of hydrogen-bond donors (Lipinski definition) is 0. The van der Waals surface area contributed by atoms with Crippen LogP contribution in [0.3, 0.4) is 0 Å². The van der Waals surface area contributed by atoms with E-state index >= 15 is 0 Å². The highest BCUT2D eigenvalue weighted by Gasteiger charge is 2.57. The van der Waals surface area contributed by atoms with Crippen LogP contribution in [0.2, 0.25) is 0 Å². The van der Waals surface area contributed by atoms with Gasteiger partial charge in [-0.25, -0.2) is 4.85 Å². The average molecular weight is 1520 g/mol. The van der Waals surface area contributed by atoms with Gasteiger partial charge in [0, 0.05) is 191 Å². The van der Waals surface area contributed by atoms with Gasteiger partial charge in [0.1, 0.15) is 0 Å². The highest BCUT2D eigenvalue weighted by molar-refractivity contribution is 5.78. The fourth-order valence-corrected chi connectivity index (χ4v) is 22.9. The van der Waals surface area contributed by atoms with Gasteiger partial charge in [-0.1, -0.05) is 129 Å². The zero-order valence-corrected chi connectivity index (χ0v) is 75.1. The molecule has 5 aromatic carbocycles. The van der Waals surface area contributed by atoms with E-state index in [0.717, 1.165) is 17.8 Å². The van der Waals surface area contributed by atoms with E-state index in [-0.39, 0.29) is 32.9 Å². The molecule has 9 heteroatoms. The summed E-state index contributed by atoms with van der Waals surface area (Å²) in [5.74, 6) is 0. The number of rotatable bonds is 8. The fraction of sp³-hybridized carbons (Fsp3) is 0.510. The van der Waals surface area contributed by atoms with Gasteiger partial charge in [0.2, 0.25) is 22.7 Å². The lowest BCUT2D eigenvalue weighted by Gasteiger charge is -2.42. The summed E-state index contributed by atoms with van der Waals surface area (Å²) in [6.45, 7) is 72.9. The molecule has 2 spiro atoms. The maximum atomic E-state index is 7.62. The van der Waals surface area contributed by atoms with Crippen LogP contribution in [0, 0.1) is 99.0 Å². The summed E-state index contributed by atoms with van der Waals surface area (Å²) < 4.78 is 9.23. The van der Waals surface area contributed by atoms with Crippen molar-refractivity contribution < 1.29 is 18.3 Å². The molecule has 113 heavy (non-hydrogen) atoms. The first-order chi connectivity index (χ1) is 53.0. The zero-order chi connectivity index (χ0) is 82.2. The van der Waals surface area contributed by atoms with Crippen molar-refractivity contribution in [1.82, 2.24) is 0 Å². The molecule has 4 aromatic heterocycles. The van der Waals surface area contributed by atoms with Gasteiger partial charge >= 0.3 is 0 Å². The summed E-state index contributed by atoms with van der Waals surface area (Å²) in [7, 11) is 0. The molecule has 6 aliphatic rings. The SMILES string of the molecule is Cc1c(N2c3ccccc3C(C)(C)[C@H]2C)cc(C(C)(C)C)cc1-[n+]1ccccc1C.Cc1cc(C)c(-[n+]2ccccc2C)c(C)c1N1[C@H](C)C2(CCCCC2)CC1(C)C.Cc1cc(N2[C@H](C)C3(CCCCC3)CC2(C)C)c(C)c(-[n+]2ccccc2C)c1.[C-]#[N+]c1cc(N2[C@H](C)C(C)(C)CC2(C)C)c(C)c(-[n+]2ccccc2C)c1. The molecule has 0 N–H and O–H groups in total. The van der Waals surface area contributed by atoms with Crippen molar-refractivity contribution in [3.8, 4) is 22.7 Å².